The third kappa shape index (κ3) is 4.50. The fourth-order valence-electron chi connectivity index (χ4n) is 1.42. The molecule has 0 aromatic heterocycles. The van der Waals surface area contributed by atoms with Gasteiger partial charge in [-0.05, 0) is 24.3 Å². The van der Waals surface area contributed by atoms with Crippen molar-refractivity contribution in [3.05, 3.63) is 42.2 Å². The second kappa shape index (κ2) is 9.12. The number of nitriles is 1. The molecule has 0 fully saturated rings. The summed E-state index contributed by atoms with van der Waals surface area (Å²) in [5, 5.41) is 8.65. The molecule has 0 N–H and O–H groups in total. The average molecular weight is 245 g/mol. The first kappa shape index (κ1) is 16.1. The van der Waals surface area contributed by atoms with Crippen LogP contribution in [0, 0.1) is 11.3 Å². The molecule has 1 aromatic rings. The molecule has 0 radical (unpaired) electrons. The van der Waals surface area contributed by atoms with Gasteiger partial charge < -0.3 is 9.80 Å². The minimum atomic E-state index is 0.699. The predicted molar refractivity (Wildman–Crippen MR) is 78.1 cm³/mol. The lowest BCUT2D eigenvalue weighted by Crippen LogP contribution is -2.21. The molecule has 98 valence electrons. The number of hydrogen-bond donors (Lipinski definition) is 0. The molecule has 3 nitrogen and oxygen atoms in total. The minimum absolute atomic E-state index is 0.699. The lowest BCUT2D eigenvalue weighted by molar-refractivity contribution is 0.496. The van der Waals surface area contributed by atoms with Crippen molar-refractivity contribution >= 4 is 5.69 Å². The van der Waals surface area contributed by atoms with Gasteiger partial charge in [0, 0.05) is 25.1 Å². The van der Waals surface area contributed by atoms with Crippen molar-refractivity contribution in [3.63, 3.8) is 0 Å². The van der Waals surface area contributed by atoms with Crippen LogP contribution in [-0.2, 0) is 0 Å². The van der Waals surface area contributed by atoms with E-state index in [9.17, 15) is 0 Å². The summed E-state index contributed by atoms with van der Waals surface area (Å²) < 4.78 is 0. The van der Waals surface area contributed by atoms with Gasteiger partial charge in [0.15, 0.2) is 0 Å². The predicted octanol–water partition coefficient (Wildman–Crippen LogP) is 3.79. The standard InChI is InChI=1S/C11H11N3.2C2H6/c1-13-6-7-14(9-13)11-4-2-10(8-12)3-5-11;2*1-2/h2-7H,9H2,1H3;2*1-2H3. The number of hydrogen-bond acceptors (Lipinski definition) is 3. The van der Waals surface area contributed by atoms with Crippen molar-refractivity contribution in [2.45, 2.75) is 27.7 Å². The van der Waals surface area contributed by atoms with Gasteiger partial charge in [-0.15, -0.1) is 0 Å². The second-order valence-electron chi connectivity index (χ2n) is 3.33. The first-order valence-electron chi connectivity index (χ1n) is 6.45. The fraction of sp³-hybridized carbons (Fsp3) is 0.400. The highest BCUT2D eigenvalue weighted by Gasteiger charge is 2.09. The first-order chi connectivity index (χ1) is 8.79. The number of nitrogens with zero attached hydrogens (tertiary/aromatic N) is 3. The molecular weight excluding hydrogens is 222 g/mol. The van der Waals surface area contributed by atoms with Gasteiger partial charge >= 0.3 is 0 Å². The Balaban J connectivity index is 0.000000659. The van der Waals surface area contributed by atoms with Crippen LogP contribution < -0.4 is 4.90 Å². The van der Waals surface area contributed by atoms with Gasteiger partial charge in [-0.1, -0.05) is 27.7 Å². The topological polar surface area (TPSA) is 30.3 Å². The molecule has 0 atom stereocenters. The summed E-state index contributed by atoms with van der Waals surface area (Å²) in [5.74, 6) is 0. The molecule has 18 heavy (non-hydrogen) atoms. The molecule has 0 aliphatic carbocycles. The van der Waals surface area contributed by atoms with Gasteiger partial charge in [-0.2, -0.15) is 5.26 Å². The van der Waals surface area contributed by atoms with E-state index in [1.807, 2.05) is 71.4 Å². The molecule has 0 saturated heterocycles. The summed E-state index contributed by atoms with van der Waals surface area (Å²) in [6.07, 6.45) is 4.06. The van der Waals surface area contributed by atoms with Crippen LogP contribution in [-0.4, -0.2) is 18.6 Å². The smallest absolute Gasteiger partial charge is 0.0991 e. The van der Waals surface area contributed by atoms with Crippen molar-refractivity contribution in [2.75, 3.05) is 18.6 Å². The summed E-state index contributed by atoms with van der Waals surface area (Å²) in [6.45, 7) is 8.87. The minimum Gasteiger partial charge on any atom is -0.361 e. The van der Waals surface area contributed by atoms with Crippen molar-refractivity contribution < 1.29 is 0 Å². The number of rotatable bonds is 1. The Morgan fingerprint density at radius 2 is 1.56 bits per heavy atom. The average Bonchev–Trinajstić information content (AvgIpc) is 2.90. The van der Waals surface area contributed by atoms with Crippen molar-refractivity contribution in [3.8, 4) is 6.07 Å². The van der Waals surface area contributed by atoms with Gasteiger partial charge in [0.05, 0.1) is 18.3 Å². The molecule has 1 heterocycles. The lowest BCUT2D eigenvalue weighted by Gasteiger charge is -2.17. The monoisotopic (exact) mass is 245 g/mol. The summed E-state index contributed by atoms with van der Waals surface area (Å²) in [6, 6.07) is 9.70. The van der Waals surface area contributed by atoms with Crippen LogP contribution in [0.15, 0.2) is 36.7 Å². The molecule has 0 bridgehead atoms. The van der Waals surface area contributed by atoms with E-state index < -0.39 is 0 Å². The molecule has 0 amide bonds. The van der Waals surface area contributed by atoms with E-state index in [0.29, 0.717) is 5.56 Å². The second-order valence-corrected chi connectivity index (χ2v) is 3.33. The van der Waals surface area contributed by atoms with Gasteiger partial charge in [0.1, 0.15) is 0 Å². The Morgan fingerprint density at radius 3 is 1.94 bits per heavy atom. The van der Waals surface area contributed by atoms with E-state index in [1.165, 1.54) is 0 Å². The first-order valence-corrected chi connectivity index (χ1v) is 6.45. The van der Waals surface area contributed by atoms with Gasteiger partial charge in [0.25, 0.3) is 0 Å². The van der Waals surface area contributed by atoms with E-state index in [-0.39, 0.29) is 0 Å². The Hall–Kier alpha value is -1.95. The van der Waals surface area contributed by atoms with Crippen molar-refractivity contribution in [1.82, 2.24) is 4.90 Å². The maximum Gasteiger partial charge on any atom is 0.0991 e. The van der Waals surface area contributed by atoms with E-state index in [4.69, 9.17) is 5.26 Å². The van der Waals surface area contributed by atoms with Crippen molar-refractivity contribution in [1.29, 1.82) is 5.26 Å². The molecule has 1 aliphatic rings. The summed E-state index contributed by atoms with van der Waals surface area (Å²) in [5.41, 5.74) is 1.81. The summed E-state index contributed by atoms with van der Waals surface area (Å²) in [4.78, 5) is 4.22. The molecular formula is C15H23N3. The summed E-state index contributed by atoms with van der Waals surface area (Å²) in [7, 11) is 2.03. The zero-order valence-corrected chi connectivity index (χ0v) is 12.0. The maximum absolute atomic E-state index is 8.65. The molecule has 0 spiro atoms. The largest absolute Gasteiger partial charge is 0.361 e. The van der Waals surface area contributed by atoms with E-state index in [1.54, 1.807) is 0 Å². The van der Waals surface area contributed by atoms with Crippen LogP contribution in [0.25, 0.3) is 0 Å². The number of anilines is 1. The Morgan fingerprint density at radius 1 is 1.00 bits per heavy atom. The molecule has 1 aromatic carbocycles. The fourth-order valence-corrected chi connectivity index (χ4v) is 1.42. The SMILES string of the molecule is CC.CC.CN1C=CN(c2ccc(C#N)cc2)C1. The van der Waals surface area contributed by atoms with Crippen molar-refractivity contribution in [2.24, 2.45) is 0 Å². The Kier molecular flexibility index (Phi) is 8.13. The Labute approximate surface area is 111 Å². The molecule has 0 unspecified atom stereocenters. The molecule has 0 saturated carbocycles. The highest BCUT2D eigenvalue weighted by atomic mass is 15.3. The van der Waals surface area contributed by atoms with Crippen LogP contribution >= 0.6 is 0 Å². The van der Waals surface area contributed by atoms with Crippen LogP contribution in [0.4, 0.5) is 5.69 Å². The highest BCUT2D eigenvalue weighted by molar-refractivity contribution is 5.52. The van der Waals surface area contributed by atoms with Gasteiger partial charge in [-0.25, -0.2) is 0 Å². The van der Waals surface area contributed by atoms with Gasteiger partial charge in [0.2, 0.25) is 0 Å². The Bertz CT molecular complexity index is 387. The van der Waals surface area contributed by atoms with Gasteiger partial charge in [-0.3, -0.25) is 0 Å². The van der Waals surface area contributed by atoms with Crippen LogP contribution in [0.2, 0.25) is 0 Å². The number of benzene rings is 1. The third-order valence-electron chi connectivity index (χ3n) is 2.20. The lowest BCUT2D eigenvalue weighted by atomic mass is 10.2. The van der Waals surface area contributed by atoms with E-state index in [2.05, 4.69) is 15.9 Å². The van der Waals surface area contributed by atoms with E-state index in [0.717, 1.165) is 12.4 Å². The van der Waals surface area contributed by atoms with Crippen LogP contribution in [0.3, 0.4) is 0 Å². The zero-order chi connectivity index (χ0) is 14.0. The third-order valence-corrected chi connectivity index (χ3v) is 2.20. The highest BCUT2D eigenvalue weighted by Crippen LogP contribution is 2.18. The molecule has 1 aliphatic heterocycles. The normalized spacial score (nSPS) is 12.0. The van der Waals surface area contributed by atoms with E-state index >= 15 is 0 Å². The van der Waals surface area contributed by atoms with Crippen LogP contribution in [0.1, 0.15) is 33.3 Å². The quantitative estimate of drug-likeness (QED) is 0.754. The molecule has 2 rings (SSSR count). The summed E-state index contributed by atoms with van der Waals surface area (Å²) >= 11 is 0. The van der Waals surface area contributed by atoms with Crippen LogP contribution in [0.5, 0.6) is 0 Å². The zero-order valence-electron chi connectivity index (χ0n) is 12.0. The molecule has 3 heteroatoms. The maximum atomic E-state index is 8.65.